The molecule has 9 heavy (non-hydrogen) atoms. The maximum absolute atomic E-state index is 11.1. The van der Waals surface area contributed by atoms with Gasteiger partial charge in [-0.15, -0.1) is 0 Å². The van der Waals surface area contributed by atoms with Crippen molar-refractivity contribution in [2.45, 2.75) is 11.9 Å². The lowest BCUT2D eigenvalue weighted by Crippen LogP contribution is -2.27. The molecular formula is C2H4F2O4S. The molecule has 0 aromatic rings. The van der Waals surface area contributed by atoms with E-state index in [1.54, 1.807) is 0 Å². The number of hydrogen-bond donors (Lipinski definition) is 2. The van der Waals surface area contributed by atoms with E-state index in [4.69, 9.17) is 9.66 Å². The van der Waals surface area contributed by atoms with Gasteiger partial charge in [0.1, 0.15) is 0 Å². The highest BCUT2D eigenvalue weighted by atomic mass is 32.2. The molecule has 0 heterocycles. The quantitative estimate of drug-likeness (QED) is 0.534. The summed E-state index contributed by atoms with van der Waals surface area (Å²) >= 11 is 0. The average molecular weight is 162 g/mol. The summed E-state index contributed by atoms with van der Waals surface area (Å²) in [5, 5.41) is 7.88. The Morgan fingerprint density at radius 3 is 1.67 bits per heavy atom. The van der Waals surface area contributed by atoms with Crippen LogP contribution in [0.2, 0.25) is 0 Å². The van der Waals surface area contributed by atoms with Gasteiger partial charge >= 0.3 is 0 Å². The van der Waals surface area contributed by atoms with Crippen molar-refractivity contribution in [3.63, 3.8) is 0 Å². The van der Waals surface area contributed by atoms with E-state index in [-0.39, 0.29) is 0 Å². The van der Waals surface area contributed by atoms with Gasteiger partial charge in [-0.05, 0) is 0 Å². The van der Waals surface area contributed by atoms with Crippen LogP contribution in [0.4, 0.5) is 8.78 Å². The summed E-state index contributed by atoms with van der Waals surface area (Å²) < 4.78 is 49.2. The molecule has 0 aliphatic carbocycles. The summed E-state index contributed by atoms with van der Waals surface area (Å²) in [6.07, 6.45) is -3.47. The van der Waals surface area contributed by atoms with Crippen LogP contribution < -0.4 is 0 Å². The predicted molar refractivity (Wildman–Crippen MR) is 23.6 cm³/mol. The summed E-state index contributed by atoms with van der Waals surface area (Å²) in [5.41, 5.74) is -2.99. The zero-order chi connectivity index (χ0) is 7.65. The summed E-state index contributed by atoms with van der Waals surface area (Å²) in [5.74, 6) is 0. The highest BCUT2D eigenvalue weighted by molar-refractivity contribution is 7.86. The highest BCUT2D eigenvalue weighted by Crippen LogP contribution is 2.05. The van der Waals surface area contributed by atoms with E-state index in [1.165, 1.54) is 0 Å². The number of hydrogen-bond acceptors (Lipinski definition) is 3. The number of aliphatic hydroxyl groups excluding tert-OH is 1. The van der Waals surface area contributed by atoms with Crippen LogP contribution in [0.25, 0.3) is 0 Å². The molecule has 1 atom stereocenters. The third kappa shape index (κ3) is 2.68. The molecule has 0 saturated carbocycles. The number of alkyl halides is 2. The molecule has 0 amide bonds. The summed E-state index contributed by atoms with van der Waals surface area (Å²) in [4.78, 5) is 0. The van der Waals surface area contributed by atoms with E-state index in [0.29, 0.717) is 0 Å². The molecule has 0 spiro atoms. The summed E-state index contributed by atoms with van der Waals surface area (Å²) in [6, 6.07) is 0. The van der Waals surface area contributed by atoms with E-state index in [9.17, 15) is 17.2 Å². The fourth-order valence-corrected chi connectivity index (χ4v) is 0.390. The first kappa shape index (κ1) is 8.73. The second-order valence-electron chi connectivity index (χ2n) is 1.24. The first-order valence-electron chi connectivity index (χ1n) is 1.78. The third-order valence-corrected chi connectivity index (χ3v) is 1.34. The zero-order valence-corrected chi connectivity index (χ0v) is 4.85. The fourth-order valence-electron chi connectivity index (χ4n) is 0.130. The van der Waals surface area contributed by atoms with Crippen molar-refractivity contribution in [1.82, 2.24) is 0 Å². The number of aliphatic hydroxyl groups is 1. The van der Waals surface area contributed by atoms with Gasteiger partial charge in [0.15, 0.2) is 0 Å². The smallest absolute Gasteiger partial charge is 0.297 e. The molecule has 0 aromatic carbocycles. The lowest BCUT2D eigenvalue weighted by Gasteiger charge is -2.02. The van der Waals surface area contributed by atoms with Gasteiger partial charge in [0.2, 0.25) is 5.44 Å². The van der Waals surface area contributed by atoms with Crippen LogP contribution in [0.3, 0.4) is 0 Å². The van der Waals surface area contributed by atoms with Crippen molar-refractivity contribution >= 4 is 10.1 Å². The monoisotopic (exact) mass is 162 g/mol. The second-order valence-corrected chi connectivity index (χ2v) is 2.75. The molecule has 0 rings (SSSR count). The molecular weight excluding hydrogens is 158 g/mol. The molecule has 1 unspecified atom stereocenters. The van der Waals surface area contributed by atoms with Crippen LogP contribution in [-0.2, 0) is 10.1 Å². The molecule has 0 aliphatic heterocycles. The van der Waals surface area contributed by atoms with Crippen molar-refractivity contribution in [3.8, 4) is 0 Å². The SMILES string of the molecule is O=S(=O)(O)C(O)C(F)F. The third-order valence-electron chi connectivity index (χ3n) is 0.521. The van der Waals surface area contributed by atoms with Crippen LogP contribution in [0, 0.1) is 0 Å². The lowest BCUT2D eigenvalue weighted by molar-refractivity contribution is 0.0380. The predicted octanol–water partition coefficient (Wildman–Crippen LogP) is -0.542. The second kappa shape index (κ2) is 2.54. The van der Waals surface area contributed by atoms with Crippen molar-refractivity contribution in [3.05, 3.63) is 0 Å². The van der Waals surface area contributed by atoms with Crippen molar-refractivity contribution in [1.29, 1.82) is 0 Å². The Balaban J connectivity index is 4.24. The van der Waals surface area contributed by atoms with Crippen LogP contribution in [-0.4, -0.2) is 29.9 Å². The van der Waals surface area contributed by atoms with E-state index >= 15 is 0 Å². The van der Waals surface area contributed by atoms with E-state index in [2.05, 4.69) is 0 Å². The average Bonchev–Trinajstić information content (AvgIpc) is 1.62. The molecule has 7 heteroatoms. The fraction of sp³-hybridized carbons (Fsp3) is 1.00. The molecule has 0 aromatic heterocycles. The molecule has 56 valence electrons. The van der Waals surface area contributed by atoms with Gasteiger partial charge in [0.05, 0.1) is 0 Å². The van der Waals surface area contributed by atoms with Crippen molar-refractivity contribution in [2.75, 3.05) is 0 Å². The summed E-state index contributed by atoms with van der Waals surface area (Å²) in [6.45, 7) is 0. The molecule has 0 radical (unpaired) electrons. The first-order chi connectivity index (χ1) is 3.85. The Morgan fingerprint density at radius 2 is 1.67 bits per heavy atom. The highest BCUT2D eigenvalue weighted by Gasteiger charge is 2.29. The topological polar surface area (TPSA) is 74.6 Å². The van der Waals surface area contributed by atoms with Crippen LogP contribution in [0.5, 0.6) is 0 Å². The molecule has 0 fully saturated rings. The zero-order valence-electron chi connectivity index (χ0n) is 4.03. The van der Waals surface area contributed by atoms with Gasteiger partial charge in [-0.3, -0.25) is 4.55 Å². The first-order valence-corrected chi connectivity index (χ1v) is 3.28. The van der Waals surface area contributed by atoms with Gasteiger partial charge in [0.25, 0.3) is 16.5 Å². The normalized spacial score (nSPS) is 16.1. The van der Waals surface area contributed by atoms with Gasteiger partial charge in [0, 0.05) is 0 Å². The van der Waals surface area contributed by atoms with Gasteiger partial charge in [-0.2, -0.15) is 8.42 Å². The number of rotatable bonds is 2. The Bertz CT molecular complexity index is 173. The van der Waals surface area contributed by atoms with E-state index in [0.717, 1.165) is 0 Å². The molecule has 4 nitrogen and oxygen atoms in total. The maximum atomic E-state index is 11.1. The van der Waals surface area contributed by atoms with Crippen molar-refractivity contribution < 1.29 is 26.9 Å². The molecule has 0 bridgehead atoms. The minimum absolute atomic E-state index is 2.99. The minimum Gasteiger partial charge on any atom is -0.371 e. The Labute approximate surface area is 49.9 Å². The largest absolute Gasteiger partial charge is 0.371 e. The Kier molecular flexibility index (Phi) is 2.47. The molecule has 0 saturated heterocycles. The number of halogens is 2. The van der Waals surface area contributed by atoms with Gasteiger partial charge in [-0.1, -0.05) is 0 Å². The van der Waals surface area contributed by atoms with E-state index < -0.39 is 22.0 Å². The van der Waals surface area contributed by atoms with Crippen molar-refractivity contribution in [2.24, 2.45) is 0 Å². The molecule has 2 N–H and O–H groups in total. The van der Waals surface area contributed by atoms with Gasteiger partial charge in [-0.25, -0.2) is 8.78 Å². The standard InChI is InChI=1S/C2H4F2O4S/c3-1(4)2(5)9(6,7)8/h1-2,5H,(H,6,7,8). The van der Waals surface area contributed by atoms with Crippen LogP contribution >= 0.6 is 0 Å². The summed E-state index contributed by atoms with van der Waals surface area (Å²) in [7, 11) is -5.00. The van der Waals surface area contributed by atoms with Crippen LogP contribution in [0.15, 0.2) is 0 Å². The minimum atomic E-state index is -5.00. The van der Waals surface area contributed by atoms with E-state index in [1.807, 2.05) is 0 Å². The van der Waals surface area contributed by atoms with Gasteiger partial charge < -0.3 is 5.11 Å². The Morgan fingerprint density at radius 1 is 1.33 bits per heavy atom. The maximum Gasteiger partial charge on any atom is 0.297 e. The van der Waals surface area contributed by atoms with Crippen LogP contribution in [0.1, 0.15) is 0 Å². The molecule has 0 aliphatic rings. The lowest BCUT2D eigenvalue weighted by atomic mass is 10.8. The Hall–Kier alpha value is -0.270.